The molecule has 1 aromatic heterocycles. The number of carbonyl (C=O) groups excluding carboxylic acids is 1. The molecule has 0 spiro atoms. The Morgan fingerprint density at radius 3 is 2.63 bits per heavy atom. The summed E-state index contributed by atoms with van der Waals surface area (Å²) in [5.74, 6) is 5.73. The number of hydrogen-bond acceptors (Lipinski definition) is 4. The molecule has 98 valence electrons. The van der Waals surface area contributed by atoms with Crippen molar-refractivity contribution < 1.29 is 4.79 Å². The lowest BCUT2D eigenvalue weighted by molar-refractivity contribution is 0.102. The number of nitrogens with two attached hydrogens (primary N) is 1. The van der Waals surface area contributed by atoms with Crippen LogP contribution in [0.15, 0.2) is 36.5 Å². The van der Waals surface area contributed by atoms with Crippen LogP contribution >= 0.6 is 0 Å². The molecule has 0 saturated carbocycles. The van der Waals surface area contributed by atoms with Gasteiger partial charge in [0.15, 0.2) is 0 Å². The second-order valence-electron chi connectivity index (χ2n) is 4.30. The molecule has 1 aromatic carbocycles. The molecule has 1 amide bonds. The smallest absolute Gasteiger partial charge is 0.257 e. The predicted molar refractivity (Wildman–Crippen MR) is 75.9 cm³/mol. The zero-order valence-corrected chi connectivity index (χ0v) is 10.9. The number of amides is 1. The molecule has 0 fully saturated rings. The molecular weight excluding hydrogens is 240 g/mol. The van der Waals surface area contributed by atoms with Crippen molar-refractivity contribution in [1.29, 1.82) is 0 Å². The third-order valence-corrected chi connectivity index (χ3v) is 2.88. The van der Waals surface area contributed by atoms with Gasteiger partial charge in [0.25, 0.3) is 5.91 Å². The number of nitrogens with zero attached hydrogens (tertiary/aromatic N) is 1. The molecule has 0 aliphatic heterocycles. The van der Waals surface area contributed by atoms with Crippen molar-refractivity contribution in [2.75, 3.05) is 10.7 Å². The summed E-state index contributed by atoms with van der Waals surface area (Å²) in [4.78, 5) is 16.3. The molecule has 0 atom stereocenters. The number of anilines is 2. The van der Waals surface area contributed by atoms with Crippen LogP contribution in [0.2, 0.25) is 0 Å². The third kappa shape index (κ3) is 2.89. The largest absolute Gasteiger partial charge is 0.324 e. The lowest BCUT2D eigenvalue weighted by atomic mass is 10.1. The van der Waals surface area contributed by atoms with Gasteiger partial charge in [0.2, 0.25) is 0 Å². The first-order chi connectivity index (χ1) is 9.11. The van der Waals surface area contributed by atoms with Crippen molar-refractivity contribution >= 4 is 17.4 Å². The fourth-order valence-corrected chi connectivity index (χ4v) is 1.80. The number of nitrogens with one attached hydrogen (secondary N) is 2. The van der Waals surface area contributed by atoms with E-state index in [9.17, 15) is 4.79 Å². The highest BCUT2D eigenvalue weighted by atomic mass is 16.1. The molecule has 2 aromatic rings. The van der Waals surface area contributed by atoms with Crippen molar-refractivity contribution in [2.24, 2.45) is 5.84 Å². The Morgan fingerprint density at radius 2 is 2.00 bits per heavy atom. The number of pyridine rings is 1. The Kier molecular flexibility index (Phi) is 3.77. The van der Waals surface area contributed by atoms with E-state index in [0.717, 1.165) is 16.8 Å². The first-order valence-corrected chi connectivity index (χ1v) is 5.92. The van der Waals surface area contributed by atoms with Crippen LogP contribution in [0.5, 0.6) is 0 Å². The Hall–Kier alpha value is -2.40. The molecule has 5 heteroatoms. The van der Waals surface area contributed by atoms with E-state index in [1.165, 1.54) is 0 Å². The van der Waals surface area contributed by atoms with Gasteiger partial charge in [-0.1, -0.05) is 6.07 Å². The van der Waals surface area contributed by atoms with E-state index in [1.807, 2.05) is 32.0 Å². The fraction of sp³-hybridized carbons (Fsp3) is 0.143. The maximum atomic E-state index is 12.2. The number of aromatic nitrogens is 1. The SMILES string of the molecule is Cc1cc(NN)ccc1C(=O)Nc1ncccc1C. The Labute approximate surface area is 111 Å². The number of carbonyl (C=O) groups is 1. The number of hydrogen-bond donors (Lipinski definition) is 3. The number of hydrazine groups is 1. The molecule has 4 N–H and O–H groups in total. The van der Waals surface area contributed by atoms with E-state index in [2.05, 4.69) is 15.7 Å². The van der Waals surface area contributed by atoms with Crippen molar-refractivity contribution in [2.45, 2.75) is 13.8 Å². The Balaban J connectivity index is 2.23. The van der Waals surface area contributed by atoms with Gasteiger partial charge in [-0.2, -0.15) is 0 Å². The second kappa shape index (κ2) is 5.49. The minimum atomic E-state index is -0.178. The van der Waals surface area contributed by atoms with Crippen LogP contribution in [0, 0.1) is 13.8 Å². The number of nitrogen functional groups attached to an aromatic ring is 1. The molecule has 0 aliphatic rings. The van der Waals surface area contributed by atoms with Crippen molar-refractivity contribution in [3.8, 4) is 0 Å². The molecule has 0 saturated heterocycles. The van der Waals surface area contributed by atoms with Gasteiger partial charge in [-0.3, -0.25) is 10.6 Å². The van der Waals surface area contributed by atoms with E-state index in [4.69, 9.17) is 5.84 Å². The van der Waals surface area contributed by atoms with Crippen LogP contribution in [-0.4, -0.2) is 10.9 Å². The van der Waals surface area contributed by atoms with E-state index < -0.39 is 0 Å². The minimum absolute atomic E-state index is 0.178. The van der Waals surface area contributed by atoms with E-state index in [0.29, 0.717) is 11.4 Å². The average Bonchev–Trinajstić information content (AvgIpc) is 2.41. The van der Waals surface area contributed by atoms with Crippen LogP contribution < -0.4 is 16.6 Å². The summed E-state index contributed by atoms with van der Waals surface area (Å²) in [6.45, 7) is 3.76. The summed E-state index contributed by atoms with van der Waals surface area (Å²) in [7, 11) is 0. The van der Waals surface area contributed by atoms with Crippen molar-refractivity contribution in [3.05, 3.63) is 53.2 Å². The standard InChI is InChI=1S/C14H16N4O/c1-9-4-3-7-16-13(9)17-14(19)12-6-5-11(18-15)8-10(12)2/h3-8,18H,15H2,1-2H3,(H,16,17,19). The highest BCUT2D eigenvalue weighted by Gasteiger charge is 2.11. The number of benzene rings is 1. The van der Waals surface area contributed by atoms with Gasteiger partial charge in [-0.05, 0) is 49.2 Å². The Bertz CT molecular complexity index is 610. The lowest BCUT2D eigenvalue weighted by Crippen LogP contribution is -2.15. The summed E-state index contributed by atoms with van der Waals surface area (Å²) < 4.78 is 0. The van der Waals surface area contributed by atoms with Gasteiger partial charge in [-0.15, -0.1) is 0 Å². The molecule has 1 heterocycles. The first kappa shape index (κ1) is 13.0. The zero-order valence-electron chi connectivity index (χ0n) is 10.9. The van der Waals surface area contributed by atoms with Crippen LogP contribution in [0.3, 0.4) is 0 Å². The summed E-state index contributed by atoms with van der Waals surface area (Å²) in [6, 6.07) is 9.04. The maximum absolute atomic E-state index is 12.2. The highest BCUT2D eigenvalue weighted by Crippen LogP contribution is 2.17. The van der Waals surface area contributed by atoms with E-state index in [1.54, 1.807) is 18.3 Å². The molecule has 19 heavy (non-hydrogen) atoms. The van der Waals surface area contributed by atoms with Crippen LogP contribution in [0.1, 0.15) is 21.5 Å². The second-order valence-corrected chi connectivity index (χ2v) is 4.30. The predicted octanol–water partition coefficient (Wildman–Crippen LogP) is 2.24. The van der Waals surface area contributed by atoms with E-state index >= 15 is 0 Å². The lowest BCUT2D eigenvalue weighted by Gasteiger charge is -2.10. The molecule has 2 rings (SSSR count). The van der Waals surface area contributed by atoms with Gasteiger partial charge < -0.3 is 10.7 Å². The summed E-state index contributed by atoms with van der Waals surface area (Å²) in [5, 5.41) is 2.80. The van der Waals surface area contributed by atoms with Crippen LogP contribution in [0.4, 0.5) is 11.5 Å². The monoisotopic (exact) mass is 256 g/mol. The van der Waals surface area contributed by atoms with E-state index in [-0.39, 0.29) is 5.91 Å². The maximum Gasteiger partial charge on any atom is 0.257 e. The normalized spacial score (nSPS) is 10.1. The molecular formula is C14H16N4O. The summed E-state index contributed by atoms with van der Waals surface area (Å²) in [6.07, 6.45) is 1.65. The third-order valence-electron chi connectivity index (χ3n) is 2.88. The Morgan fingerprint density at radius 1 is 1.21 bits per heavy atom. The summed E-state index contributed by atoms with van der Waals surface area (Å²) in [5.41, 5.74) is 5.69. The van der Waals surface area contributed by atoms with Gasteiger partial charge in [0.1, 0.15) is 5.82 Å². The van der Waals surface area contributed by atoms with Crippen molar-refractivity contribution in [1.82, 2.24) is 4.98 Å². The van der Waals surface area contributed by atoms with Crippen molar-refractivity contribution in [3.63, 3.8) is 0 Å². The highest BCUT2D eigenvalue weighted by molar-refractivity contribution is 6.05. The molecule has 0 unspecified atom stereocenters. The van der Waals surface area contributed by atoms with Crippen LogP contribution in [0.25, 0.3) is 0 Å². The molecule has 5 nitrogen and oxygen atoms in total. The molecule has 0 bridgehead atoms. The quantitative estimate of drug-likeness (QED) is 0.581. The summed E-state index contributed by atoms with van der Waals surface area (Å²) >= 11 is 0. The van der Waals surface area contributed by atoms with Gasteiger partial charge in [0, 0.05) is 17.4 Å². The van der Waals surface area contributed by atoms with Gasteiger partial charge in [0.05, 0.1) is 0 Å². The first-order valence-electron chi connectivity index (χ1n) is 5.92. The molecule has 0 radical (unpaired) electrons. The zero-order chi connectivity index (χ0) is 13.8. The van der Waals surface area contributed by atoms with Crippen LogP contribution in [-0.2, 0) is 0 Å². The number of aryl methyl sites for hydroxylation is 2. The minimum Gasteiger partial charge on any atom is -0.324 e. The molecule has 0 aliphatic carbocycles. The number of rotatable bonds is 3. The van der Waals surface area contributed by atoms with Gasteiger partial charge in [-0.25, -0.2) is 4.98 Å². The fourth-order valence-electron chi connectivity index (χ4n) is 1.80. The van der Waals surface area contributed by atoms with Gasteiger partial charge >= 0.3 is 0 Å². The average molecular weight is 256 g/mol. The topological polar surface area (TPSA) is 80.0 Å².